The summed E-state index contributed by atoms with van der Waals surface area (Å²) in [5, 5.41) is 6.42. The Morgan fingerprint density at radius 1 is 1.14 bits per heavy atom. The number of para-hydroxylation sites is 1. The van der Waals surface area contributed by atoms with Gasteiger partial charge in [0.2, 0.25) is 5.95 Å². The third-order valence-corrected chi connectivity index (χ3v) is 7.30. The minimum atomic E-state index is -4.40. The summed E-state index contributed by atoms with van der Waals surface area (Å²) in [6.07, 6.45) is -4.17. The van der Waals surface area contributed by atoms with E-state index in [0.717, 1.165) is 10.2 Å². The van der Waals surface area contributed by atoms with Crippen molar-refractivity contribution in [3.05, 3.63) is 30.0 Å². The highest BCUT2D eigenvalue weighted by Crippen LogP contribution is 2.44. The summed E-state index contributed by atoms with van der Waals surface area (Å²) in [5.41, 5.74) is 8.00. The highest BCUT2D eigenvalue weighted by Gasteiger charge is 2.53. The Morgan fingerprint density at radius 2 is 1.89 bits per heavy atom. The number of aromatic nitrogens is 3. The van der Waals surface area contributed by atoms with E-state index in [4.69, 9.17) is 20.2 Å². The maximum Gasteiger partial charge on any atom is 0.405 e. The fraction of sp³-hybridized carbons (Fsp3) is 0.522. The van der Waals surface area contributed by atoms with Gasteiger partial charge in [-0.1, -0.05) is 12.1 Å². The molecule has 4 atom stereocenters. The summed E-state index contributed by atoms with van der Waals surface area (Å²) in [6, 6.07) is 7.52. The van der Waals surface area contributed by atoms with Gasteiger partial charge in [-0.15, -0.1) is 11.3 Å². The number of aryl methyl sites for hydroxylation is 1. The van der Waals surface area contributed by atoms with Gasteiger partial charge in [0.15, 0.2) is 5.79 Å². The van der Waals surface area contributed by atoms with E-state index < -0.39 is 18.5 Å². The molecule has 5 rings (SSSR count). The second-order valence-corrected chi connectivity index (χ2v) is 10.4. The molecule has 4 N–H and O–H groups in total. The van der Waals surface area contributed by atoms with Crippen LogP contribution in [0, 0.1) is 12.8 Å². The normalized spacial score (nSPS) is 25.7. The first kappa shape index (κ1) is 24.2. The van der Waals surface area contributed by atoms with Crippen molar-refractivity contribution in [2.45, 2.75) is 57.4 Å². The highest BCUT2D eigenvalue weighted by atomic mass is 32.1. The zero-order valence-corrected chi connectivity index (χ0v) is 20.3. The van der Waals surface area contributed by atoms with Crippen molar-refractivity contribution in [3.8, 4) is 10.6 Å². The Morgan fingerprint density at radius 3 is 2.60 bits per heavy atom. The van der Waals surface area contributed by atoms with Gasteiger partial charge in [0.05, 0.1) is 33.6 Å². The van der Waals surface area contributed by atoms with E-state index in [-0.39, 0.29) is 30.1 Å². The monoisotopic (exact) mass is 508 g/mol. The number of rotatable bonds is 6. The summed E-state index contributed by atoms with van der Waals surface area (Å²) in [5.74, 6) is -0.382. The number of hydrogen-bond acceptors (Lipinski definition) is 9. The molecule has 1 unspecified atom stereocenters. The van der Waals surface area contributed by atoms with E-state index in [1.165, 1.54) is 11.3 Å². The third-order valence-electron chi connectivity index (χ3n) is 6.25. The molecule has 1 saturated carbocycles. The van der Waals surface area contributed by atoms with Crippen molar-refractivity contribution >= 4 is 33.3 Å². The number of nitrogens with zero attached hydrogens (tertiary/aromatic N) is 3. The standard InChI is InChI=1S/C23H27F3N6O2S/c1-11-16(20-31-13-6-4-5-7-15(13)35-20)19(32-21(29-11)28-10-23(24,25)26)30-14-8-12(9-27)17-18(14)34-22(2,3)33-17/h4-7,12,14,17-18H,8-10,27H2,1-3H3,(H2,28,29,30,32)/t12-,14?,17-,18+/m1/s1. The molecule has 2 aliphatic rings. The Balaban J connectivity index is 1.53. The SMILES string of the molecule is Cc1nc(NCC(F)(F)F)nc(NC2C[C@H](CN)[C@H]3OC(C)(C)O[C@@H]23)c1-c1nc2ccccc2s1. The Hall–Kier alpha value is -2.54. The lowest BCUT2D eigenvalue weighted by atomic mass is 10.1. The van der Waals surface area contributed by atoms with Crippen LogP contribution >= 0.6 is 11.3 Å². The van der Waals surface area contributed by atoms with E-state index >= 15 is 0 Å². The molecule has 0 radical (unpaired) electrons. The Kier molecular flexibility index (Phi) is 6.10. The smallest absolute Gasteiger partial charge is 0.364 e. The third kappa shape index (κ3) is 4.92. The topological polar surface area (TPSA) is 107 Å². The second-order valence-electron chi connectivity index (χ2n) is 9.36. The predicted octanol–water partition coefficient (Wildman–Crippen LogP) is 4.32. The molecule has 1 aromatic carbocycles. The van der Waals surface area contributed by atoms with Crippen LogP contribution in [0.25, 0.3) is 20.8 Å². The molecule has 0 amide bonds. The van der Waals surface area contributed by atoms with Crippen LogP contribution in [0.15, 0.2) is 24.3 Å². The van der Waals surface area contributed by atoms with Crippen LogP contribution in [0.4, 0.5) is 24.9 Å². The van der Waals surface area contributed by atoms with Gasteiger partial charge in [-0.05, 0) is 45.9 Å². The van der Waals surface area contributed by atoms with E-state index in [1.54, 1.807) is 6.92 Å². The maximum absolute atomic E-state index is 12.8. The number of benzene rings is 1. The number of fused-ring (bicyclic) bond motifs is 2. The summed E-state index contributed by atoms with van der Waals surface area (Å²) < 4.78 is 51.8. The van der Waals surface area contributed by atoms with E-state index in [0.29, 0.717) is 35.0 Å². The first-order valence-electron chi connectivity index (χ1n) is 11.4. The van der Waals surface area contributed by atoms with E-state index in [2.05, 4.69) is 20.6 Å². The predicted molar refractivity (Wildman–Crippen MR) is 128 cm³/mol. The average Bonchev–Trinajstić information content (AvgIpc) is 3.42. The molecule has 0 bridgehead atoms. The minimum absolute atomic E-state index is 0.0796. The van der Waals surface area contributed by atoms with Crippen molar-refractivity contribution in [2.75, 3.05) is 23.7 Å². The Labute approximate surface area is 204 Å². The largest absolute Gasteiger partial charge is 0.405 e. The summed E-state index contributed by atoms with van der Waals surface area (Å²) in [4.78, 5) is 13.5. The van der Waals surface area contributed by atoms with Crippen molar-refractivity contribution in [2.24, 2.45) is 11.7 Å². The van der Waals surface area contributed by atoms with Crippen LogP contribution in [0.5, 0.6) is 0 Å². The maximum atomic E-state index is 12.8. The van der Waals surface area contributed by atoms with E-state index in [9.17, 15) is 13.2 Å². The van der Waals surface area contributed by atoms with Crippen molar-refractivity contribution in [1.82, 2.24) is 15.0 Å². The van der Waals surface area contributed by atoms with Gasteiger partial charge in [-0.2, -0.15) is 18.2 Å². The van der Waals surface area contributed by atoms with Crippen molar-refractivity contribution in [1.29, 1.82) is 0 Å². The molecular weight excluding hydrogens is 481 g/mol. The number of thiazole rings is 1. The van der Waals surface area contributed by atoms with Crippen LogP contribution in [0.2, 0.25) is 0 Å². The first-order chi connectivity index (χ1) is 16.5. The minimum Gasteiger partial charge on any atom is -0.364 e. The van der Waals surface area contributed by atoms with Crippen LogP contribution in [0.3, 0.4) is 0 Å². The lowest BCUT2D eigenvalue weighted by Crippen LogP contribution is -2.35. The zero-order valence-electron chi connectivity index (χ0n) is 19.5. The molecule has 188 valence electrons. The summed E-state index contributed by atoms with van der Waals surface area (Å²) >= 11 is 1.48. The fourth-order valence-electron chi connectivity index (χ4n) is 4.81. The molecule has 2 fully saturated rings. The molecule has 1 saturated heterocycles. The molecule has 12 heteroatoms. The quantitative estimate of drug-likeness (QED) is 0.452. The number of hydrogen-bond donors (Lipinski definition) is 3. The van der Waals surface area contributed by atoms with Crippen LogP contribution < -0.4 is 16.4 Å². The van der Waals surface area contributed by atoms with Gasteiger partial charge < -0.3 is 25.8 Å². The van der Waals surface area contributed by atoms with Crippen LogP contribution in [-0.2, 0) is 9.47 Å². The van der Waals surface area contributed by atoms with Crippen LogP contribution in [-0.4, -0.2) is 58.3 Å². The van der Waals surface area contributed by atoms with Gasteiger partial charge in [-0.25, -0.2) is 9.97 Å². The molecule has 35 heavy (non-hydrogen) atoms. The van der Waals surface area contributed by atoms with Crippen molar-refractivity contribution in [3.63, 3.8) is 0 Å². The number of anilines is 2. The number of alkyl halides is 3. The van der Waals surface area contributed by atoms with Crippen molar-refractivity contribution < 1.29 is 22.6 Å². The second kappa shape index (κ2) is 8.84. The molecule has 3 heterocycles. The van der Waals surface area contributed by atoms with Gasteiger partial charge >= 0.3 is 6.18 Å². The number of nitrogens with one attached hydrogen (secondary N) is 2. The van der Waals surface area contributed by atoms with Gasteiger partial charge in [0.25, 0.3) is 0 Å². The summed E-state index contributed by atoms with van der Waals surface area (Å²) in [7, 11) is 0. The number of ether oxygens (including phenoxy) is 2. The molecule has 0 spiro atoms. The molecule has 1 aliphatic heterocycles. The first-order valence-corrected chi connectivity index (χ1v) is 12.2. The molecule has 8 nitrogen and oxygen atoms in total. The Bertz CT molecular complexity index is 1200. The molecule has 1 aliphatic carbocycles. The molecule has 3 aromatic rings. The number of halogens is 3. The highest BCUT2D eigenvalue weighted by molar-refractivity contribution is 7.21. The lowest BCUT2D eigenvalue weighted by molar-refractivity contribution is -0.156. The van der Waals surface area contributed by atoms with E-state index in [1.807, 2.05) is 38.1 Å². The number of nitrogens with two attached hydrogens (primary N) is 1. The molecule has 2 aromatic heterocycles. The average molecular weight is 509 g/mol. The fourth-order valence-corrected chi connectivity index (χ4v) is 5.87. The van der Waals surface area contributed by atoms with Gasteiger partial charge in [0, 0.05) is 5.92 Å². The zero-order chi connectivity index (χ0) is 25.0. The van der Waals surface area contributed by atoms with Crippen LogP contribution in [0.1, 0.15) is 26.0 Å². The molecular formula is C23H27F3N6O2S. The van der Waals surface area contributed by atoms with Gasteiger partial charge in [0.1, 0.15) is 23.5 Å². The summed E-state index contributed by atoms with van der Waals surface area (Å²) in [6.45, 7) is 4.66. The lowest BCUT2D eigenvalue weighted by Gasteiger charge is -2.25. The van der Waals surface area contributed by atoms with Gasteiger partial charge in [-0.3, -0.25) is 0 Å².